The fourth-order valence-corrected chi connectivity index (χ4v) is 3.50. The van der Waals surface area contributed by atoms with E-state index < -0.39 is 60.5 Å². The smallest absolute Gasteiger partial charge is 0.334 e. The van der Waals surface area contributed by atoms with Crippen LogP contribution in [0.1, 0.15) is 98.3 Å². The SMILES string of the molecule is C=C(C(=O)OCCCOC(=O)C(=C)C(CC(=O)OCCCC)C(=O)OCCCC)C(CC(=O)OCCCC)C(=O)OCCCC. The largest absolute Gasteiger partial charge is 0.466 e. The van der Waals surface area contributed by atoms with Crippen LogP contribution in [-0.2, 0) is 57.2 Å². The van der Waals surface area contributed by atoms with E-state index in [0.29, 0.717) is 25.7 Å². The molecule has 12 nitrogen and oxygen atoms in total. The van der Waals surface area contributed by atoms with Gasteiger partial charge in [0, 0.05) is 17.6 Å². The van der Waals surface area contributed by atoms with Crippen LogP contribution < -0.4 is 0 Å². The highest BCUT2D eigenvalue weighted by molar-refractivity contribution is 5.97. The first-order valence-electron chi connectivity index (χ1n) is 15.9. The topological polar surface area (TPSA) is 158 Å². The summed E-state index contributed by atoms with van der Waals surface area (Å²) >= 11 is 0. The third-order valence-electron chi connectivity index (χ3n) is 6.44. The Kier molecular flexibility index (Phi) is 23.5. The summed E-state index contributed by atoms with van der Waals surface area (Å²) in [7, 11) is 0. The van der Waals surface area contributed by atoms with Gasteiger partial charge in [0.2, 0.25) is 0 Å². The van der Waals surface area contributed by atoms with Crippen LogP contribution in [0.2, 0.25) is 0 Å². The lowest BCUT2D eigenvalue weighted by Gasteiger charge is -2.18. The van der Waals surface area contributed by atoms with Gasteiger partial charge in [0.1, 0.15) is 0 Å². The molecule has 0 aromatic heterocycles. The van der Waals surface area contributed by atoms with Crippen molar-refractivity contribution in [1.29, 1.82) is 0 Å². The van der Waals surface area contributed by atoms with Crippen molar-refractivity contribution < 1.29 is 57.2 Å². The van der Waals surface area contributed by atoms with Crippen LogP contribution in [0.3, 0.4) is 0 Å². The molecule has 45 heavy (non-hydrogen) atoms. The maximum atomic E-state index is 12.6. The van der Waals surface area contributed by atoms with E-state index in [1.165, 1.54) is 0 Å². The Morgan fingerprint density at radius 3 is 1.04 bits per heavy atom. The molecule has 12 heteroatoms. The van der Waals surface area contributed by atoms with Crippen LogP contribution in [0.25, 0.3) is 0 Å². The molecule has 0 aliphatic heterocycles. The molecule has 0 heterocycles. The average molecular weight is 641 g/mol. The Hall–Kier alpha value is -3.70. The van der Waals surface area contributed by atoms with Gasteiger partial charge in [-0.2, -0.15) is 0 Å². The van der Waals surface area contributed by atoms with E-state index in [2.05, 4.69) is 13.2 Å². The molecule has 2 unspecified atom stereocenters. The van der Waals surface area contributed by atoms with E-state index in [4.69, 9.17) is 28.4 Å². The molecule has 0 saturated heterocycles. The molecule has 0 spiro atoms. The van der Waals surface area contributed by atoms with E-state index in [0.717, 1.165) is 25.7 Å². The number of hydrogen-bond donors (Lipinski definition) is 0. The first-order valence-corrected chi connectivity index (χ1v) is 15.9. The summed E-state index contributed by atoms with van der Waals surface area (Å²) in [5.74, 6) is -7.25. The fourth-order valence-electron chi connectivity index (χ4n) is 3.50. The van der Waals surface area contributed by atoms with Crippen molar-refractivity contribution in [3.05, 3.63) is 24.3 Å². The molecule has 0 fully saturated rings. The van der Waals surface area contributed by atoms with Crippen molar-refractivity contribution in [2.75, 3.05) is 39.6 Å². The molecule has 0 N–H and O–H groups in total. The van der Waals surface area contributed by atoms with Gasteiger partial charge in [-0.05, 0) is 25.7 Å². The predicted octanol–water partition coefficient (Wildman–Crippen LogP) is 4.96. The molecule has 256 valence electrons. The van der Waals surface area contributed by atoms with Crippen molar-refractivity contribution in [2.45, 2.75) is 98.3 Å². The van der Waals surface area contributed by atoms with Crippen molar-refractivity contribution in [3.8, 4) is 0 Å². The van der Waals surface area contributed by atoms with Gasteiger partial charge in [-0.25, -0.2) is 9.59 Å². The van der Waals surface area contributed by atoms with E-state index >= 15 is 0 Å². The fraction of sp³-hybridized carbons (Fsp3) is 0.697. The van der Waals surface area contributed by atoms with Gasteiger partial charge in [0.15, 0.2) is 0 Å². The molecule has 0 aliphatic rings. The van der Waals surface area contributed by atoms with Crippen molar-refractivity contribution in [2.24, 2.45) is 11.8 Å². The van der Waals surface area contributed by atoms with E-state index in [9.17, 15) is 28.8 Å². The molecule has 0 aliphatic carbocycles. The second kappa shape index (κ2) is 25.6. The van der Waals surface area contributed by atoms with E-state index in [-0.39, 0.29) is 57.2 Å². The molecular weight excluding hydrogens is 588 g/mol. The highest BCUT2D eigenvalue weighted by Gasteiger charge is 2.33. The molecule has 0 saturated carbocycles. The van der Waals surface area contributed by atoms with Gasteiger partial charge in [0.25, 0.3) is 0 Å². The Bertz CT molecular complexity index is 895. The van der Waals surface area contributed by atoms with Gasteiger partial charge in [-0.1, -0.05) is 66.5 Å². The van der Waals surface area contributed by atoms with Crippen LogP contribution in [0, 0.1) is 11.8 Å². The summed E-state index contributed by atoms with van der Waals surface area (Å²) in [4.78, 5) is 75.0. The van der Waals surface area contributed by atoms with Gasteiger partial charge in [-0.3, -0.25) is 19.2 Å². The zero-order valence-electron chi connectivity index (χ0n) is 27.5. The monoisotopic (exact) mass is 640 g/mol. The van der Waals surface area contributed by atoms with Gasteiger partial charge < -0.3 is 28.4 Å². The third kappa shape index (κ3) is 18.7. The Balaban J connectivity index is 5.04. The van der Waals surface area contributed by atoms with Crippen molar-refractivity contribution >= 4 is 35.8 Å². The van der Waals surface area contributed by atoms with Gasteiger partial charge in [-0.15, -0.1) is 0 Å². The Morgan fingerprint density at radius 1 is 0.444 bits per heavy atom. The lowest BCUT2D eigenvalue weighted by molar-refractivity contribution is -0.156. The summed E-state index contributed by atoms with van der Waals surface area (Å²) in [5.41, 5.74) is -0.519. The minimum Gasteiger partial charge on any atom is -0.466 e. The average Bonchev–Trinajstić information content (AvgIpc) is 3.01. The number of unbranched alkanes of at least 4 members (excludes halogenated alkanes) is 4. The Labute approximate surface area is 267 Å². The van der Waals surface area contributed by atoms with Crippen LogP contribution in [0.5, 0.6) is 0 Å². The van der Waals surface area contributed by atoms with Crippen LogP contribution >= 0.6 is 0 Å². The highest BCUT2D eigenvalue weighted by Crippen LogP contribution is 2.21. The second-order valence-corrected chi connectivity index (χ2v) is 10.4. The number of ether oxygens (including phenoxy) is 6. The zero-order valence-corrected chi connectivity index (χ0v) is 27.5. The Morgan fingerprint density at radius 2 is 0.733 bits per heavy atom. The number of esters is 6. The first kappa shape index (κ1) is 41.3. The zero-order chi connectivity index (χ0) is 34.0. The third-order valence-corrected chi connectivity index (χ3v) is 6.44. The number of rotatable bonds is 26. The van der Waals surface area contributed by atoms with Crippen LogP contribution in [0.4, 0.5) is 0 Å². The molecule has 0 amide bonds. The molecule has 2 atom stereocenters. The molecule has 0 aromatic carbocycles. The molecule has 0 rings (SSSR count). The lowest BCUT2D eigenvalue weighted by Crippen LogP contribution is -2.29. The van der Waals surface area contributed by atoms with Crippen LogP contribution in [0.15, 0.2) is 24.3 Å². The first-order chi connectivity index (χ1) is 21.5. The minimum atomic E-state index is -1.27. The summed E-state index contributed by atoms with van der Waals surface area (Å²) in [6.45, 7) is 15.3. The number of hydrogen-bond acceptors (Lipinski definition) is 12. The standard InChI is InChI=1S/C33H52O12/c1-7-11-16-40-28(34)22-26(32(38)44-18-13-9-3)24(5)30(36)42-20-15-21-43-31(37)25(6)27(33(39)45-19-14-10-4)23-29(35)41-17-12-8-2/h26-27H,5-23H2,1-4H3. The quantitative estimate of drug-likeness (QED) is 0.0542. The van der Waals surface area contributed by atoms with Gasteiger partial charge >= 0.3 is 35.8 Å². The molecule has 0 bridgehead atoms. The lowest BCUT2D eigenvalue weighted by atomic mass is 9.97. The highest BCUT2D eigenvalue weighted by atomic mass is 16.6. The van der Waals surface area contributed by atoms with E-state index in [1.807, 2.05) is 27.7 Å². The summed E-state index contributed by atoms with van der Waals surface area (Å²) in [6, 6.07) is 0. The predicted molar refractivity (Wildman–Crippen MR) is 164 cm³/mol. The molecule has 0 radical (unpaired) electrons. The maximum absolute atomic E-state index is 12.6. The van der Waals surface area contributed by atoms with Crippen LogP contribution in [-0.4, -0.2) is 75.5 Å². The molecular formula is C33H52O12. The van der Waals surface area contributed by atoms with E-state index in [1.54, 1.807) is 0 Å². The van der Waals surface area contributed by atoms with Crippen molar-refractivity contribution in [1.82, 2.24) is 0 Å². The number of carbonyl (C=O) groups is 6. The minimum absolute atomic E-state index is 0.0629. The van der Waals surface area contributed by atoms with Gasteiger partial charge in [0.05, 0.1) is 64.3 Å². The summed E-state index contributed by atoms with van der Waals surface area (Å²) in [5, 5.41) is 0. The molecule has 0 aromatic rings. The maximum Gasteiger partial charge on any atom is 0.334 e. The number of carbonyl (C=O) groups excluding carboxylic acids is 6. The normalized spacial score (nSPS) is 11.8. The van der Waals surface area contributed by atoms with Crippen molar-refractivity contribution in [3.63, 3.8) is 0 Å². The second-order valence-electron chi connectivity index (χ2n) is 10.4. The summed E-state index contributed by atoms with van der Waals surface area (Å²) in [6.07, 6.45) is 4.98. The summed E-state index contributed by atoms with van der Waals surface area (Å²) < 4.78 is 31.0.